The van der Waals surface area contributed by atoms with Crippen molar-refractivity contribution in [2.24, 2.45) is 0 Å². The molecule has 1 aromatic carbocycles. The van der Waals surface area contributed by atoms with Gasteiger partial charge in [0.2, 0.25) is 5.91 Å². The van der Waals surface area contributed by atoms with E-state index in [0.717, 1.165) is 28.5 Å². The first-order valence-corrected chi connectivity index (χ1v) is 12.4. The van der Waals surface area contributed by atoms with E-state index in [1.165, 1.54) is 0 Å². The number of carbonyl (C=O) groups is 1. The predicted molar refractivity (Wildman–Crippen MR) is 145 cm³/mol. The number of hydrogen-bond acceptors (Lipinski definition) is 4. The topological polar surface area (TPSA) is 75.1 Å². The Morgan fingerprint density at radius 1 is 1.11 bits per heavy atom. The number of pyridine rings is 2. The van der Waals surface area contributed by atoms with Crippen molar-refractivity contribution in [1.29, 1.82) is 0 Å². The summed E-state index contributed by atoms with van der Waals surface area (Å²) in [6, 6.07) is 20.9. The second kappa shape index (κ2) is 10.5. The Kier molecular flexibility index (Phi) is 6.97. The number of anilines is 1. The summed E-state index contributed by atoms with van der Waals surface area (Å²) in [7, 11) is 0. The number of nitrogens with one attached hydrogen (secondary N) is 2. The highest BCUT2D eigenvalue weighted by Gasteiger charge is 2.41. The summed E-state index contributed by atoms with van der Waals surface area (Å²) in [5, 5.41) is 7.58. The van der Waals surface area contributed by atoms with Gasteiger partial charge in [-0.2, -0.15) is 0 Å². The van der Waals surface area contributed by atoms with Crippen LogP contribution in [-0.2, 0) is 4.79 Å². The van der Waals surface area contributed by atoms with Gasteiger partial charge >= 0.3 is 0 Å². The van der Waals surface area contributed by atoms with Gasteiger partial charge in [-0.25, -0.2) is 4.98 Å². The third-order valence-corrected chi connectivity index (χ3v) is 6.70. The molecule has 1 saturated heterocycles. The molecule has 1 fully saturated rings. The van der Waals surface area contributed by atoms with E-state index in [4.69, 9.17) is 23.8 Å². The molecule has 1 aliphatic heterocycles. The molecule has 1 aliphatic rings. The van der Waals surface area contributed by atoms with Gasteiger partial charge in [0.15, 0.2) is 5.11 Å². The number of hydrogen-bond donors (Lipinski definition) is 2. The van der Waals surface area contributed by atoms with Crippen molar-refractivity contribution in [2.45, 2.75) is 25.4 Å². The van der Waals surface area contributed by atoms with Crippen molar-refractivity contribution < 1.29 is 4.79 Å². The molecule has 0 saturated carbocycles. The second-order valence-electron chi connectivity index (χ2n) is 8.63. The fraction of sp³-hybridized carbons (Fsp3) is 0.185. The lowest BCUT2D eigenvalue weighted by Gasteiger charge is -2.28. The number of rotatable bonds is 7. The quantitative estimate of drug-likeness (QED) is 0.328. The molecular weight excluding hydrogens is 492 g/mol. The van der Waals surface area contributed by atoms with E-state index < -0.39 is 0 Å². The Morgan fingerprint density at radius 3 is 2.75 bits per heavy atom. The second-order valence-corrected chi connectivity index (χ2v) is 9.45. The van der Waals surface area contributed by atoms with Crippen LogP contribution < -0.4 is 10.6 Å². The van der Waals surface area contributed by atoms with Gasteiger partial charge in [0.05, 0.1) is 22.8 Å². The van der Waals surface area contributed by atoms with Crippen LogP contribution >= 0.6 is 23.8 Å². The van der Waals surface area contributed by atoms with Crippen molar-refractivity contribution in [2.75, 3.05) is 11.9 Å². The molecule has 7 nitrogen and oxygen atoms in total. The number of aryl methyl sites for hydroxylation is 1. The zero-order valence-electron chi connectivity index (χ0n) is 19.6. The molecule has 0 spiro atoms. The molecule has 9 heteroatoms. The lowest BCUT2D eigenvalue weighted by Crippen LogP contribution is -2.33. The molecule has 4 heterocycles. The minimum absolute atomic E-state index is 0.0711. The lowest BCUT2D eigenvalue weighted by atomic mass is 10.0. The summed E-state index contributed by atoms with van der Waals surface area (Å²) >= 11 is 11.8. The SMILES string of the molecule is Cc1cccc(NC(=O)CCN2C(=S)N[C@H](c3ccccn3)[C@@H]2c2cccn2-c2ccc(Cl)cn2)c1. The highest BCUT2D eigenvalue weighted by molar-refractivity contribution is 7.80. The number of amides is 1. The van der Waals surface area contributed by atoms with Crippen molar-refractivity contribution >= 4 is 40.5 Å². The summed E-state index contributed by atoms with van der Waals surface area (Å²) in [6.07, 6.45) is 5.64. The van der Waals surface area contributed by atoms with Crippen LogP contribution in [0.2, 0.25) is 5.02 Å². The molecule has 3 aromatic heterocycles. The molecule has 5 rings (SSSR count). The average molecular weight is 517 g/mol. The highest BCUT2D eigenvalue weighted by Crippen LogP contribution is 2.39. The van der Waals surface area contributed by atoms with E-state index >= 15 is 0 Å². The van der Waals surface area contributed by atoms with Crippen LogP contribution in [0.5, 0.6) is 0 Å². The molecule has 4 aromatic rings. The van der Waals surface area contributed by atoms with Gasteiger partial charge < -0.3 is 20.1 Å². The first-order valence-electron chi connectivity index (χ1n) is 11.6. The van der Waals surface area contributed by atoms with Gasteiger partial charge in [-0.3, -0.25) is 9.78 Å². The van der Waals surface area contributed by atoms with Crippen LogP contribution in [0.15, 0.2) is 85.3 Å². The first kappa shape index (κ1) is 24.0. The number of thiocarbonyl (C=S) groups is 1. The third kappa shape index (κ3) is 5.10. The predicted octanol–water partition coefficient (Wildman–Crippen LogP) is 5.23. The maximum atomic E-state index is 12.8. The van der Waals surface area contributed by atoms with Crippen LogP contribution in [-0.4, -0.2) is 37.0 Å². The molecule has 0 aliphatic carbocycles. The van der Waals surface area contributed by atoms with Crippen molar-refractivity contribution in [3.8, 4) is 5.82 Å². The average Bonchev–Trinajstić information content (AvgIpc) is 3.48. The smallest absolute Gasteiger partial charge is 0.226 e. The third-order valence-electron chi connectivity index (χ3n) is 6.12. The molecule has 182 valence electrons. The molecule has 0 bridgehead atoms. The summed E-state index contributed by atoms with van der Waals surface area (Å²) in [4.78, 5) is 24.0. The van der Waals surface area contributed by atoms with Crippen LogP contribution in [0, 0.1) is 6.92 Å². The number of nitrogens with zero attached hydrogens (tertiary/aromatic N) is 4. The van der Waals surface area contributed by atoms with E-state index in [0.29, 0.717) is 16.7 Å². The van der Waals surface area contributed by atoms with Gasteiger partial charge in [-0.1, -0.05) is 29.8 Å². The van der Waals surface area contributed by atoms with Gasteiger partial charge in [0, 0.05) is 42.9 Å². The van der Waals surface area contributed by atoms with Crippen molar-refractivity contribution in [3.63, 3.8) is 0 Å². The largest absolute Gasteiger partial charge is 0.352 e. The minimum atomic E-state index is -0.202. The first-order chi connectivity index (χ1) is 17.5. The lowest BCUT2D eigenvalue weighted by molar-refractivity contribution is -0.116. The summed E-state index contributed by atoms with van der Waals surface area (Å²) in [6.45, 7) is 2.44. The van der Waals surface area contributed by atoms with E-state index in [1.54, 1.807) is 12.4 Å². The molecule has 1 amide bonds. The van der Waals surface area contributed by atoms with E-state index in [-0.39, 0.29) is 24.4 Å². The Bertz CT molecular complexity index is 1370. The van der Waals surface area contributed by atoms with Crippen LogP contribution in [0.3, 0.4) is 0 Å². The van der Waals surface area contributed by atoms with Crippen LogP contribution in [0.1, 0.15) is 35.5 Å². The van der Waals surface area contributed by atoms with Gasteiger partial charge in [0.1, 0.15) is 5.82 Å². The summed E-state index contributed by atoms with van der Waals surface area (Å²) < 4.78 is 2.02. The molecular formula is C27H25ClN6OS. The number of aromatic nitrogens is 3. The summed E-state index contributed by atoms with van der Waals surface area (Å²) in [5.74, 6) is 0.673. The Hall–Kier alpha value is -3.75. The van der Waals surface area contributed by atoms with E-state index in [2.05, 4.69) is 25.5 Å². The molecule has 2 N–H and O–H groups in total. The van der Waals surface area contributed by atoms with Crippen molar-refractivity contribution in [1.82, 2.24) is 24.8 Å². The fourth-order valence-electron chi connectivity index (χ4n) is 4.49. The number of benzene rings is 1. The maximum absolute atomic E-state index is 12.8. The van der Waals surface area contributed by atoms with Crippen LogP contribution in [0.25, 0.3) is 5.82 Å². The van der Waals surface area contributed by atoms with Crippen LogP contribution in [0.4, 0.5) is 5.69 Å². The molecule has 36 heavy (non-hydrogen) atoms. The molecule has 0 radical (unpaired) electrons. The Morgan fingerprint density at radius 2 is 2.00 bits per heavy atom. The van der Waals surface area contributed by atoms with Gasteiger partial charge in [0.25, 0.3) is 0 Å². The van der Waals surface area contributed by atoms with Gasteiger partial charge in [-0.15, -0.1) is 0 Å². The summed E-state index contributed by atoms with van der Waals surface area (Å²) in [5.41, 5.74) is 3.72. The fourth-order valence-corrected chi connectivity index (χ4v) is 4.93. The maximum Gasteiger partial charge on any atom is 0.226 e. The standard InChI is InChI=1S/C27H25ClN6OS/c1-18-6-4-7-20(16-18)31-24(35)12-15-34-26(25(32-27(34)36)21-8-2-3-13-29-21)22-9-5-14-33(22)23-11-10-19(28)17-30-23/h2-11,13-14,16-17,25-26H,12,15H2,1H3,(H,31,35)(H,32,36)/t25-,26+/m1/s1. The number of carbonyl (C=O) groups excluding carboxylic acids is 1. The van der Waals surface area contributed by atoms with E-state index in [9.17, 15) is 4.79 Å². The Balaban J connectivity index is 1.44. The number of halogens is 1. The van der Waals surface area contributed by atoms with E-state index in [1.807, 2.05) is 84.4 Å². The normalized spacial score (nSPS) is 17.2. The minimum Gasteiger partial charge on any atom is -0.352 e. The zero-order chi connectivity index (χ0) is 25.1. The molecule has 0 unspecified atom stereocenters. The monoisotopic (exact) mass is 516 g/mol. The van der Waals surface area contributed by atoms with Gasteiger partial charge in [-0.05, 0) is 73.2 Å². The zero-order valence-corrected chi connectivity index (χ0v) is 21.2. The Labute approximate surface area is 220 Å². The molecule has 2 atom stereocenters. The van der Waals surface area contributed by atoms with Crippen molar-refractivity contribution in [3.05, 3.63) is 107 Å². The highest BCUT2D eigenvalue weighted by atomic mass is 35.5.